The molecule has 1 nitrogen and oxygen atoms in total. The van der Waals surface area contributed by atoms with Gasteiger partial charge in [0.25, 0.3) is 0 Å². The van der Waals surface area contributed by atoms with E-state index in [4.69, 9.17) is 5.11 Å². The summed E-state index contributed by atoms with van der Waals surface area (Å²) in [5.74, 6) is 0.782. The normalized spacial score (nSPS) is 22.1. The monoisotopic (exact) mass is 276 g/mol. The SMILES string of the molecule is C[C@H](O)CS[C]1[CH][CH][CH][CH]1.[CH]1[CH][CH][CH][CH]1.[Fe+2]. The van der Waals surface area contributed by atoms with Crippen molar-refractivity contribution in [2.45, 2.75) is 13.0 Å². The average molecular weight is 276 g/mol. The number of aliphatic hydroxyl groups excluding tert-OH is 1. The third kappa shape index (κ3) is 8.92. The fourth-order valence-corrected chi connectivity index (χ4v) is 1.77. The van der Waals surface area contributed by atoms with Crippen molar-refractivity contribution in [2.75, 3.05) is 5.75 Å². The zero-order valence-corrected chi connectivity index (χ0v) is 11.1. The van der Waals surface area contributed by atoms with Crippen molar-refractivity contribution < 1.29 is 22.2 Å². The molecule has 16 heavy (non-hydrogen) atoms. The molecule has 2 rings (SSSR count). The van der Waals surface area contributed by atoms with Gasteiger partial charge in [0.15, 0.2) is 0 Å². The van der Waals surface area contributed by atoms with Crippen molar-refractivity contribution in [3.8, 4) is 0 Å². The minimum absolute atomic E-state index is 0. The summed E-state index contributed by atoms with van der Waals surface area (Å²) in [4.78, 5) is 0. The van der Waals surface area contributed by atoms with Gasteiger partial charge in [-0.3, -0.25) is 0 Å². The average Bonchev–Trinajstić information content (AvgIpc) is 2.91. The standard InChI is InChI=1S/C8H11OS.C5H5.Fe/c1-7(9)6-10-8-4-2-3-5-8;1-2-4-5-3-1;/h2-5,7,9H,6H2,1H3;1-5H;/q;;+2/t7-;;/m0../s1. The van der Waals surface area contributed by atoms with Gasteiger partial charge in [0.05, 0.1) is 6.10 Å². The van der Waals surface area contributed by atoms with E-state index in [9.17, 15) is 0 Å². The van der Waals surface area contributed by atoms with Crippen molar-refractivity contribution in [1.29, 1.82) is 0 Å². The van der Waals surface area contributed by atoms with Gasteiger partial charge in [-0.05, 0) is 64.7 Å². The molecule has 2 saturated carbocycles. The number of thioether (sulfide) groups is 1. The van der Waals surface area contributed by atoms with Crippen LogP contribution < -0.4 is 0 Å². The Kier molecular flexibility index (Phi) is 11.5. The smallest absolute Gasteiger partial charge is 0.393 e. The van der Waals surface area contributed by atoms with E-state index in [1.165, 1.54) is 5.25 Å². The van der Waals surface area contributed by atoms with Gasteiger partial charge in [-0.2, -0.15) is 11.8 Å². The van der Waals surface area contributed by atoms with Crippen LogP contribution >= 0.6 is 11.8 Å². The van der Waals surface area contributed by atoms with Crippen molar-refractivity contribution in [3.63, 3.8) is 0 Å². The van der Waals surface area contributed by atoms with E-state index < -0.39 is 0 Å². The van der Waals surface area contributed by atoms with Crippen LogP contribution in [0.15, 0.2) is 0 Å². The topological polar surface area (TPSA) is 20.2 Å². The Morgan fingerprint density at radius 2 is 1.44 bits per heavy atom. The fraction of sp³-hybridized carbons (Fsp3) is 0.231. The quantitative estimate of drug-likeness (QED) is 0.799. The van der Waals surface area contributed by atoms with Gasteiger partial charge in [0.2, 0.25) is 0 Å². The molecule has 2 aliphatic rings. The fourth-order valence-electron chi connectivity index (χ4n) is 0.990. The molecule has 2 fully saturated rings. The van der Waals surface area contributed by atoms with Gasteiger partial charge in [-0.1, -0.05) is 0 Å². The Morgan fingerprint density at radius 1 is 1.00 bits per heavy atom. The van der Waals surface area contributed by atoms with E-state index in [-0.39, 0.29) is 23.2 Å². The van der Waals surface area contributed by atoms with Crippen LogP contribution in [0.25, 0.3) is 0 Å². The minimum atomic E-state index is -0.208. The summed E-state index contributed by atoms with van der Waals surface area (Å²) >= 11 is 1.69. The Hall–Kier alpha value is 0.829. The largest absolute Gasteiger partial charge is 2.00 e. The molecule has 0 aromatic rings. The summed E-state index contributed by atoms with van der Waals surface area (Å²) in [7, 11) is 0. The van der Waals surface area contributed by atoms with Gasteiger partial charge in [-0.25, -0.2) is 0 Å². The first-order chi connectivity index (χ1) is 7.29. The first-order valence-corrected chi connectivity index (χ1v) is 5.97. The third-order valence-electron chi connectivity index (χ3n) is 1.68. The number of aliphatic hydroxyl groups is 1. The molecule has 0 unspecified atom stereocenters. The van der Waals surface area contributed by atoms with Crippen LogP contribution in [0, 0.1) is 63.0 Å². The second-order valence-corrected chi connectivity index (χ2v) is 4.34. The van der Waals surface area contributed by atoms with Gasteiger partial charge in [0, 0.05) is 11.0 Å². The molecule has 0 heterocycles. The van der Waals surface area contributed by atoms with Crippen molar-refractivity contribution in [1.82, 2.24) is 0 Å². The molecule has 0 aromatic heterocycles. The van der Waals surface area contributed by atoms with Crippen LogP contribution in [0.2, 0.25) is 0 Å². The number of rotatable bonds is 3. The third-order valence-corrected chi connectivity index (χ3v) is 2.93. The van der Waals surface area contributed by atoms with E-state index in [1.54, 1.807) is 18.7 Å². The van der Waals surface area contributed by atoms with Gasteiger partial charge < -0.3 is 5.11 Å². The van der Waals surface area contributed by atoms with Gasteiger partial charge in [-0.15, -0.1) is 0 Å². The molecule has 3 heteroatoms. The summed E-state index contributed by atoms with van der Waals surface area (Å²) in [5, 5.41) is 10.2. The molecule has 2 aliphatic carbocycles. The zero-order chi connectivity index (χ0) is 10.9. The van der Waals surface area contributed by atoms with Crippen LogP contribution in [0.5, 0.6) is 0 Å². The van der Waals surface area contributed by atoms with Crippen LogP contribution in [-0.4, -0.2) is 17.0 Å². The van der Waals surface area contributed by atoms with E-state index in [0.717, 1.165) is 5.75 Å². The molecule has 0 spiro atoms. The first kappa shape index (κ1) is 16.8. The molecule has 86 valence electrons. The Labute approximate surface area is 116 Å². The van der Waals surface area contributed by atoms with E-state index in [2.05, 4.69) is 0 Å². The number of hydrogen-bond acceptors (Lipinski definition) is 2. The Balaban J connectivity index is 0.000000318. The number of hydrogen-bond donors (Lipinski definition) is 1. The van der Waals surface area contributed by atoms with E-state index in [0.29, 0.717) is 0 Å². The maximum atomic E-state index is 8.93. The molecule has 0 aromatic carbocycles. The Morgan fingerprint density at radius 3 is 1.81 bits per heavy atom. The second kappa shape index (κ2) is 11.0. The van der Waals surface area contributed by atoms with Crippen molar-refractivity contribution in [3.05, 3.63) is 63.0 Å². The van der Waals surface area contributed by atoms with Crippen LogP contribution in [0.3, 0.4) is 0 Å². The summed E-state index contributed by atoms with van der Waals surface area (Å²) < 4.78 is 0. The van der Waals surface area contributed by atoms with Crippen LogP contribution in [0.1, 0.15) is 6.92 Å². The van der Waals surface area contributed by atoms with Crippen molar-refractivity contribution in [2.24, 2.45) is 0 Å². The van der Waals surface area contributed by atoms with Gasteiger partial charge >= 0.3 is 17.1 Å². The van der Waals surface area contributed by atoms with E-state index in [1.807, 2.05) is 57.8 Å². The van der Waals surface area contributed by atoms with E-state index >= 15 is 0 Å². The molecular formula is C13H16FeOS+2. The molecule has 1 N–H and O–H groups in total. The summed E-state index contributed by atoms with van der Waals surface area (Å²) in [6, 6.07) is 0. The molecule has 10 radical (unpaired) electrons. The summed E-state index contributed by atoms with van der Waals surface area (Å²) in [6.45, 7) is 1.80. The maximum absolute atomic E-state index is 8.93. The Bertz CT molecular complexity index is 135. The minimum Gasteiger partial charge on any atom is -0.393 e. The molecular weight excluding hydrogens is 260 g/mol. The first-order valence-electron chi connectivity index (χ1n) is 4.98. The molecule has 0 amide bonds. The maximum Gasteiger partial charge on any atom is 2.00 e. The molecule has 0 bridgehead atoms. The molecule has 0 aliphatic heterocycles. The predicted molar refractivity (Wildman–Crippen MR) is 66.1 cm³/mol. The van der Waals surface area contributed by atoms with Crippen molar-refractivity contribution >= 4 is 11.8 Å². The summed E-state index contributed by atoms with van der Waals surface area (Å²) in [6.07, 6.45) is 17.9. The zero-order valence-electron chi connectivity index (χ0n) is 9.19. The van der Waals surface area contributed by atoms with Gasteiger partial charge in [0.1, 0.15) is 0 Å². The molecule has 0 saturated heterocycles. The van der Waals surface area contributed by atoms with Crippen LogP contribution in [0.4, 0.5) is 0 Å². The van der Waals surface area contributed by atoms with Crippen LogP contribution in [-0.2, 0) is 17.1 Å². The predicted octanol–water partition coefficient (Wildman–Crippen LogP) is 2.48. The second-order valence-electron chi connectivity index (χ2n) is 3.24. The summed E-state index contributed by atoms with van der Waals surface area (Å²) in [5.41, 5.74) is 0. The molecule has 1 atom stereocenters.